The number of rotatable bonds is 2. The molecule has 0 aromatic carbocycles. The number of alkyl carbamates (subject to hydrolysis) is 1. The molecule has 0 aromatic rings. The molecule has 1 amide bonds. The number of hydrogen-bond donors (Lipinski definition) is 2. The van der Waals surface area contributed by atoms with Crippen LogP contribution in [0.1, 0.15) is 41.0 Å². The average Bonchev–Trinajstić information content (AvgIpc) is 2.17. The highest BCUT2D eigenvalue weighted by molar-refractivity contribution is 5.68. The molecule has 2 N–H and O–H groups in total. The molecule has 5 heteroatoms. The van der Waals surface area contributed by atoms with Gasteiger partial charge in [-0.15, -0.1) is 0 Å². The van der Waals surface area contributed by atoms with E-state index >= 15 is 0 Å². The van der Waals surface area contributed by atoms with Crippen molar-refractivity contribution in [1.29, 1.82) is 0 Å². The molecule has 2 unspecified atom stereocenters. The van der Waals surface area contributed by atoms with E-state index in [0.29, 0.717) is 13.0 Å². The minimum absolute atomic E-state index is 0.00117. The summed E-state index contributed by atoms with van der Waals surface area (Å²) >= 11 is 0. The van der Waals surface area contributed by atoms with E-state index in [9.17, 15) is 9.90 Å². The zero-order chi connectivity index (χ0) is 14.0. The smallest absolute Gasteiger partial charge is 0.407 e. The Morgan fingerprint density at radius 1 is 1.50 bits per heavy atom. The van der Waals surface area contributed by atoms with Crippen molar-refractivity contribution < 1.29 is 19.4 Å². The van der Waals surface area contributed by atoms with Crippen molar-refractivity contribution in [3.8, 4) is 0 Å². The van der Waals surface area contributed by atoms with Crippen molar-refractivity contribution in [3.63, 3.8) is 0 Å². The predicted molar refractivity (Wildman–Crippen MR) is 68.4 cm³/mol. The third-order valence-electron chi connectivity index (χ3n) is 2.91. The monoisotopic (exact) mass is 259 g/mol. The quantitative estimate of drug-likeness (QED) is 0.792. The Kier molecular flexibility index (Phi) is 4.61. The molecule has 1 saturated heterocycles. The van der Waals surface area contributed by atoms with Crippen LogP contribution in [0.3, 0.4) is 0 Å². The van der Waals surface area contributed by atoms with Gasteiger partial charge in [-0.2, -0.15) is 0 Å². The molecule has 1 aliphatic heterocycles. The SMILES string of the molecule is CC(C)(C)OC(=O)NC1COC(C)(C)CC1CO. The standard InChI is InChI=1S/C13H25NO4/c1-12(2,3)18-11(16)14-10-8-17-13(4,5)6-9(10)7-15/h9-10,15H,6-8H2,1-5H3,(H,14,16). The fourth-order valence-electron chi connectivity index (χ4n) is 2.09. The van der Waals surface area contributed by atoms with Crippen LogP contribution in [0.25, 0.3) is 0 Å². The average molecular weight is 259 g/mol. The number of ether oxygens (including phenoxy) is 2. The first-order valence-electron chi connectivity index (χ1n) is 6.37. The summed E-state index contributed by atoms with van der Waals surface area (Å²) in [6.45, 7) is 9.85. The molecule has 0 radical (unpaired) electrons. The zero-order valence-corrected chi connectivity index (χ0v) is 11.9. The molecule has 0 spiro atoms. The van der Waals surface area contributed by atoms with Gasteiger partial charge in [0.2, 0.25) is 0 Å². The molecule has 1 aliphatic rings. The summed E-state index contributed by atoms with van der Waals surface area (Å²) in [5, 5.41) is 12.2. The third kappa shape index (κ3) is 4.82. The van der Waals surface area contributed by atoms with Crippen LogP contribution in [0.2, 0.25) is 0 Å². The van der Waals surface area contributed by atoms with Crippen molar-refractivity contribution in [2.45, 2.75) is 58.3 Å². The van der Waals surface area contributed by atoms with Crippen LogP contribution in [0, 0.1) is 5.92 Å². The second-order valence-electron chi connectivity index (χ2n) is 6.47. The van der Waals surface area contributed by atoms with Gasteiger partial charge in [0, 0.05) is 12.5 Å². The summed E-state index contributed by atoms with van der Waals surface area (Å²) in [7, 11) is 0. The van der Waals surface area contributed by atoms with Gasteiger partial charge in [0.25, 0.3) is 0 Å². The van der Waals surface area contributed by atoms with Crippen LogP contribution in [0.15, 0.2) is 0 Å². The summed E-state index contributed by atoms with van der Waals surface area (Å²) < 4.78 is 10.9. The van der Waals surface area contributed by atoms with Crippen molar-refractivity contribution in [3.05, 3.63) is 0 Å². The predicted octanol–water partition coefficient (Wildman–Crippen LogP) is 1.69. The first kappa shape index (κ1) is 15.2. The van der Waals surface area contributed by atoms with E-state index in [4.69, 9.17) is 9.47 Å². The molecule has 5 nitrogen and oxygen atoms in total. The van der Waals surface area contributed by atoms with Crippen molar-refractivity contribution in [1.82, 2.24) is 5.32 Å². The summed E-state index contributed by atoms with van der Waals surface area (Å²) in [5.41, 5.74) is -0.771. The number of amides is 1. The molecule has 106 valence electrons. The maximum atomic E-state index is 11.7. The highest BCUT2D eigenvalue weighted by atomic mass is 16.6. The Labute approximate surface area is 109 Å². The highest BCUT2D eigenvalue weighted by Crippen LogP contribution is 2.28. The van der Waals surface area contributed by atoms with Crippen LogP contribution in [0.5, 0.6) is 0 Å². The number of aliphatic hydroxyl groups is 1. The second-order valence-corrected chi connectivity index (χ2v) is 6.47. The fourth-order valence-corrected chi connectivity index (χ4v) is 2.09. The van der Waals surface area contributed by atoms with Crippen LogP contribution >= 0.6 is 0 Å². The number of nitrogens with one attached hydrogen (secondary N) is 1. The van der Waals surface area contributed by atoms with Gasteiger partial charge in [0.15, 0.2) is 0 Å². The Balaban J connectivity index is 2.54. The summed E-state index contributed by atoms with van der Waals surface area (Å²) in [6, 6.07) is -0.196. The van der Waals surface area contributed by atoms with Gasteiger partial charge >= 0.3 is 6.09 Å². The lowest BCUT2D eigenvalue weighted by atomic mass is 9.86. The van der Waals surface area contributed by atoms with E-state index in [0.717, 1.165) is 0 Å². The molecule has 0 saturated carbocycles. The highest BCUT2D eigenvalue weighted by Gasteiger charge is 2.36. The normalized spacial score (nSPS) is 27.7. The molecule has 0 aromatic heterocycles. The van der Waals surface area contributed by atoms with Crippen LogP contribution < -0.4 is 5.32 Å². The largest absolute Gasteiger partial charge is 0.444 e. The molecule has 1 rings (SSSR count). The van der Waals surface area contributed by atoms with E-state index in [1.54, 1.807) is 0 Å². The van der Waals surface area contributed by atoms with E-state index in [-0.39, 0.29) is 24.2 Å². The van der Waals surface area contributed by atoms with Gasteiger partial charge in [-0.3, -0.25) is 0 Å². The topological polar surface area (TPSA) is 67.8 Å². The summed E-state index contributed by atoms with van der Waals surface area (Å²) in [6.07, 6.45) is 0.249. The second kappa shape index (κ2) is 5.45. The Morgan fingerprint density at radius 3 is 2.61 bits per heavy atom. The fraction of sp³-hybridized carbons (Fsp3) is 0.923. The van der Waals surface area contributed by atoms with Crippen molar-refractivity contribution in [2.75, 3.05) is 13.2 Å². The maximum absolute atomic E-state index is 11.7. The van der Waals surface area contributed by atoms with Gasteiger partial charge in [0.05, 0.1) is 18.2 Å². The van der Waals surface area contributed by atoms with Gasteiger partial charge in [-0.1, -0.05) is 0 Å². The van der Waals surface area contributed by atoms with E-state index in [1.807, 2.05) is 34.6 Å². The van der Waals surface area contributed by atoms with Gasteiger partial charge < -0.3 is 19.9 Å². The lowest BCUT2D eigenvalue weighted by Crippen LogP contribution is -2.53. The molecule has 0 aliphatic carbocycles. The lowest BCUT2D eigenvalue weighted by molar-refractivity contribution is -0.0972. The molecule has 1 fully saturated rings. The van der Waals surface area contributed by atoms with Gasteiger partial charge in [-0.05, 0) is 41.0 Å². The molecule has 2 atom stereocenters. The third-order valence-corrected chi connectivity index (χ3v) is 2.91. The Bertz CT molecular complexity index is 296. The Morgan fingerprint density at radius 2 is 2.11 bits per heavy atom. The molecule has 0 bridgehead atoms. The first-order chi connectivity index (χ1) is 8.13. The Hall–Kier alpha value is -0.810. The summed E-state index contributed by atoms with van der Waals surface area (Å²) in [5.74, 6) is 0.00117. The van der Waals surface area contributed by atoms with E-state index in [1.165, 1.54) is 0 Å². The van der Waals surface area contributed by atoms with Gasteiger partial charge in [0.1, 0.15) is 5.60 Å². The van der Waals surface area contributed by atoms with E-state index < -0.39 is 11.7 Å². The van der Waals surface area contributed by atoms with Crippen molar-refractivity contribution >= 4 is 6.09 Å². The minimum Gasteiger partial charge on any atom is -0.444 e. The zero-order valence-electron chi connectivity index (χ0n) is 11.9. The number of hydrogen-bond acceptors (Lipinski definition) is 4. The number of aliphatic hydroxyl groups excluding tert-OH is 1. The van der Waals surface area contributed by atoms with Crippen LogP contribution in [-0.4, -0.2) is 41.7 Å². The molecule has 18 heavy (non-hydrogen) atoms. The molecular weight excluding hydrogens is 234 g/mol. The lowest BCUT2D eigenvalue weighted by Gasteiger charge is -2.40. The van der Waals surface area contributed by atoms with E-state index in [2.05, 4.69) is 5.32 Å². The molecular formula is C13H25NO4. The minimum atomic E-state index is -0.520. The van der Waals surface area contributed by atoms with Crippen molar-refractivity contribution in [2.24, 2.45) is 5.92 Å². The number of carbonyl (C=O) groups excluding carboxylic acids is 1. The van der Waals surface area contributed by atoms with Crippen LogP contribution in [-0.2, 0) is 9.47 Å². The molecule has 1 heterocycles. The first-order valence-corrected chi connectivity index (χ1v) is 6.37. The number of carbonyl (C=O) groups is 1. The summed E-state index contributed by atoms with van der Waals surface area (Å²) in [4.78, 5) is 11.7. The maximum Gasteiger partial charge on any atom is 0.407 e. The van der Waals surface area contributed by atoms with Crippen LogP contribution in [0.4, 0.5) is 4.79 Å². The van der Waals surface area contributed by atoms with Gasteiger partial charge in [-0.25, -0.2) is 4.79 Å².